The van der Waals surface area contributed by atoms with E-state index in [2.05, 4.69) is 26.1 Å². The van der Waals surface area contributed by atoms with Crippen molar-refractivity contribution >= 4 is 11.7 Å². The van der Waals surface area contributed by atoms with Gasteiger partial charge in [0, 0.05) is 11.7 Å². The number of methoxy groups -OCH3 is 1. The summed E-state index contributed by atoms with van der Waals surface area (Å²) in [5.41, 5.74) is 2.75. The van der Waals surface area contributed by atoms with Gasteiger partial charge in [-0.3, -0.25) is 0 Å². The monoisotopic (exact) mass is 263 g/mol. The molecule has 0 saturated carbocycles. The first-order valence-corrected chi connectivity index (χ1v) is 6.89. The van der Waals surface area contributed by atoms with Crippen LogP contribution < -0.4 is 5.32 Å². The molecule has 1 aromatic rings. The van der Waals surface area contributed by atoms with Gasteiger partial charge in [0.1, 0.15) is 0 Å². The van der Waals surface area contributed by atoms with Crippen LogP contribution in [-0.2, 0) is 4.74 Å². The third-order valence-electron chi connectivity index (χ3n) is 3.23. The number of benzene rings is 1. The highest BCUT2D eigenvalue weighted by Crippen LogP contribution is 2.19. The lowest BCUT2D eigenvalue weighted by Gasteiger charge is -2.18. The lowest BCUT2D eigenvalue weighted by Crippen LogP contribution is -2.16. The van der Waals surface area contributed by atoms with Gasteiger partial charge in [0.2, 0.25) is 0 Å². The van der Waals surface area contributed by atoms with Gasteiger partial charge in [-0.1, -0.05) is 13.8 Å². The summed E-state index contributed by atoms with van der Waals surface area (Å²) in [5.74, 6) is 0.439. The number of ether oxygens (including phenoxy) is 1. The first kappa shape index (κ1) is 15.5. The molecule has 3 heteroatoms. The fourth-order valence-corrected chi connectivity index (χ4v) is 1.99. The Bertz CT molecular complexity index is 427. The largest absolute Gasteiger partial charge is 0.465 e. The fourth-order valence-electron chi connectivity index (χ4n) is 1.99. The third-order valence-corrected chi connectivity index (χ3v) is 3.23. The number of esters is 1. The molecule has 1 aromatic carbocycles. The molecule has 106 valence electrons. The molecule has 1 unspecified atom stereocenters. The van der Waals surface area contributed by atoms with Gasteiger partial charge in [-0.05, 0) is 56.4 Å². The maximum Gasteiger partial charge on any atom is 0.337 e. The smallest absolute Gasteiger partial charge is 0.337 e. The molecule has 0 radical (unpaired) electrons. The number of anilines is 1. The highest BCUT2D eigenvalue weighted by Gasteiger charge is 2.09. The van der Waals surface area contributed by atoms with Gasteiger partial charge in [0.05, 0.1) is 12.7 Å². The van der Waals surface area contributed by atoms with Crippen LogP contribution in [0.4, 0.5) is 5.69 Å². The number of rotatable bonds is 6. The maximum absolute atomic E-state index is 11.4. The number of hydrogen-bond donors (Lipinski definition) is 1. The minimum atomic E-state index is -0.289. The van der Waals surface area contributed by atoms with Gasteiger partial charge in [0.25, 0.3) is 0 Å². The predicted octanol–water partition coefficient (Wildman–Crippen LogP) is 4.02. The summed E-state index contributed by atoms with van der Waals surface area (Å²) in [6, 6.07) is 6.05. The summed E-state index contributed by atoms with van der Waals surface area (Å²) in [4.78, 5) is 11.4. The Hall–Kier alpha value is -1.51. The second-order valence-electron chi connectivity index (χ2n) is 5.54. The van der Waals surface area contributed by atoms with Crippen molar-refractivity contribution in [2.24, 2.45) is 5.92 Å². The van der Waals surface area contributed by atoms with Crippen LogP contribution in [0.15, 0.2) is 18.2 Å². The molecule has 0 amide bonds. The molecule has 0 bridgehead atoms. The number of nitrogens with one attached hydrogen (secondary N) is 1. The molecule has 0 fully saturated rings. The molecular weight excluding hydrogens is 238 g/mol. The second kappa shape index (κ2) is 7.17. The molecule has 0 aliphatic carbocycles. The van der Waals surface area contributed by atoms with E-state index in [1.54, 1.807) is 6.07 Å². The van der Waals surface area contributed by atoms with Gasteiger partial charge in [-0.2, -0.15) is 0 Å². The predicted molar refractivity (Wildman–Crippen MR) is 79.7 cm³/mol. The van der Waals surface area contributed by atoms with Crippen LogP contribution in [0.25, 0.3) is 0 Å². The summed E-state index contributed by atoms with van der Waals surface area (Å²) in [6.07, 6.45) is 2.36. The zero-order valence-corrected chi connectivity index (χ0v) is 12.6. The Labute approximate surface area is 116 Å². The van der Waals surface area contributed by atoms with Gasteiger partial charge in [-0.15, -0.1) is 0 Å². The Morgan fingerprint density at radius 2 is 1.95 bits per heavy atom. The molecule has 1 N–H and O–H groups in total. The van der Waals surface area contributed by atoms with Gasteiger partial charge >= 0.3 is 5.97 Å². The van der Waals surface area contributed by atoms with Crippen LogP contribution in [-0.4, -0.2) is 19.1 Å². The highest BCUT2D eigenvalue weighted by molar-refractivity contribution is 5.90. The molecule has 1 rings (SSSR count). The highest BCUT2D eigenvalue weighted by atomic mass is 16.5. The average Bonchev–Trinajstić information content (AvgIpc) is 2.37. The van der Waals surface area contributed by atoms with Gasteiger partial charge in [-0.25, -0.2) is 4.79 Å². The van der Waals surface area contributed by atoms with Crippen molar-refractivity contribution in [2.75, 3.05) is 12.4 Å². The van der Waals surface area contributed by atoms with Crippen molar-refractivity contribution in [3.05, 3.63) is 29.3 Å². The molecule has 3 nitrogen and oxygen atoms in total. The maximum atomic E-state index is 11.4. The number of hydrogen-bond acceptors (Lipinski definition) is 3. The fraction of sp³-hybridized carbons (Fsp3) is 0.562. The van der Waals surface area contributed by atoms with Crippen LogP contribution in [0, 0.1) is 12.8 Å². The molecule has 19 heavy (non-hydrogen) atoms. The lowest BCUT2D eigenvalue weighted by atomic mass is 10.0. The molecular formula is C16H25NO2. The van der Waals surface area contributed by atoms with Gasteiger partial charge in [0.15, 0.2) is 0 Å². The van der Waals surface area contributed by atoms with Gasteiger partial charge < -0.3 is 10.1 Å². The van der Waals surface area contributed by atoms with Crippen molar-refractivity contribution in [1.29, 1.82) is 0 Å². The average molecular weight is 263 g/mol. The first-order chi connectivity index (χ1) is 8.93. The molecule has 1 atom stereocenters. The third kappa shape index (κ3) is 4.93. The molecule has 0 aromatic heterocycles. The quantitative estimate of drug-likeness (QED) is 0.788. The van der Waals surface area contributed by atoms with Crippen molar-refractivity contribution in [3.8, 4) is 0 Å². The van der Waals surface area contributed by atoms with E-state index in [1.165, 1.54) is 13.5 Å². The Morgan fingerprint density at radius 1 is 1.26 bits per heavy atom. The minimum Gasteiger partial charge on any atom is -0.465 e. The summed E-state index contributed by atoms with van der Waals surface area (Å²) >= 11 is 0. The Balaban J connectivity index is 2.67. The van der Waals surface area contributed by atoms with E-state index in [9.17, 15) is 4.79 Å². The lowest BCUT2D eigenvalue weighted by molar-refractivity contribution is 0.0600. The van der Waals surface area contributed by atoms with Crippen LogP contribution in [0.2, 0.25) is 0 Å². The van der Waals surface area contributed by atoms with Crippen molar-refractivity contribution in [2.45, 2.75) is 46.6 Å². The molecule has 0 spiro atoms. The van der Waals surface area contributed by atoms with E-state index >= 15 is 0 Å². The topological polar surface area (TPSA) is 38.3 Å². The molecule has 0 saturated heterocycles. The Kier molecular flexibility index (Phi) is 5.87. The van der Waals surface area contributed by atoms with Crippen molar-refractivity contribution in [1.82, 2.24) is 0 Å². The number of carbonyl (C=O) groups excluding carboxylic acids is 1. The first-order valence-electron chi connectivity index (χ1n) is 6.89. The summed E-state index contributed by atoms with van der Waals surface area (Å²) in [6.45, 7) is 8.67. The number of aryl methyl sites for hydroxylation is 1. The second-order valence-corrected chi connectivity index (χ2v) is 5.54. The molecule has 0 heterocycles. The number of carbonyl (C=O) groups is 1. The van der Waals surface area contributed by atoms with E-state index in [0.29, 0.717) is 11.6 Å². The zero-order valence-electron chi connectivity index (χ0n) is 12.6. The minimum absolute atomic E-state index is 0.289. The van der Waals surface area contributed by atoms with Crippen molar-refractivity contribution in [3.63, 3.8) is 0 Å². The summed E-state index contributed by atoms with van der Waals surface area (Å²) in [5, 5.41) is 3.50. The Morgan fingerprint density at radius 3 is 2.47 bits per heavy atom. The standard InChI is InChI=1S/C16H25NO2/c1-11(2)6-7-13(4)17-15-9-8-14(10-12(15)3)16(18)19-5/h8-11,13,17H,6-7H2,1-5H3. The molecule has 0 aliphatic rings. The van der Waals surface area contributed by atoms with Crippen LogP contribution in [0.5, 0.6) is 0 Å². The molecule has 0 aliphatic heterocycles. The van der Waals surface area contributed by atoms with E-state index in [1.807, 2.05) is 19.1 Å². The van der Waals surface area contributed by atoms with E-state index < -0.39 is 0 Å². The van der Waals surface area contributed by atoms with Crippen LogP contribution in [0.3, 0.4) is 0 Å². The van der Waals surface area contributed by atoms with Crippen LogP contribution in [0.1, 0.15) is 49.5 Å². The van der Waals surface area contributed by atoms with Crippen LogP contribution >= 0.6 is 0 Å². The SMILES string of the molecule is COC(=O)c1ccc(NC(C)CCC(C)C)c(C)c1. The zero-order chi connectivity index (χ0) is 14.4. The van der Waals surface area contributed by atoms with E-state index in [-0.39, 0.29) is 5.97 Å². The van der Waals surface area contributed by atoms with Crippen molar-refractivity contribution < 1.29 is 9.53 Å². The summed E-state index contributed by atoms with van der Waals surface area (Å²) in [7, 11) is 1.40. The van der Waals surface area contributed by atoms with E-state index in [4.69, 9.17) is 4.74 Å². The normalized spacial score (nSPS) is 12.3. The van der Waals surface area contributed by atoms with E-state index in [0.717, 1.165) is 23.6 Å². The summed E-state index contributed by atoms with van der Waals surface area (Å²) < 4.78 is 4.72.